The van der Waals surface area contributed by atoms with E-state index >= 15 is 0 Å². The summed E-state index contributed by atoms with van der Waals surface area (Å²) in [6, 6.07) is 27.0. The quantitative estimate of drug-likeness (QED) is 0.109. The minimum atomic E-state index is -3.94. The van der Waals surface area contributed by atoms with Gasteiger partial charge in [-0.25, -0.2) is 8.42 Å². The van der Waals surface area contributed by atoms with Crippen LogP contribution >= 0.6 is 11.3 Å². The summed E-state index contributed by atoms with van der Waals surface area (Å²) in [5, 5.41) is 23.1. The van der Waals surface area contributed by atoms with Gasteiger partial charge >= 0.3 is 5.97 Å². The molecule has 3 aromatic heterocycles. The number of aromatic nitrogens is 4. The normalized spacial score (nSPS) is 14.7. The average Bonchev–Trinajstić information content (AvgIpc) is 3.84. The molecule has 0 bridgehead atoms. The number of thiophene rings is 1. The second kappa shape index (κ2) is 15.6. The van der Waals surface area contributed by atoms with Crippen molar-refractivity contribution in [1.82, 2.24) is 25.1 Å². The second-order valence-corrected chi connectivity index (χ2v) is 18.2. The first kappa shape index (κ1) is 39.6. The van der Waals surface area contributed by atoms with Crippen LogP contribution in [-0.2, 0) is 26.1 Å². The number of anilines is 1. The van der Waals surface area contributed by atoms with Crippen LogP contribution in [0.4, 0.5) is 5.69 Å². The number of hydrogen-bond donors (Lipinski definition) is 3. The number of aryl methyl sites for hydroxylation is 2. The van der Waals surface area contributed by atoms with Gasteiger partial charge in [0.25, 0.3) is 15.9 Å². The van der Waals surface area contributed by atoms with E-state index in [1.165, 1.54) is 19.2 Å². The Balaban J connectivity index is 0.869. The number of nitrogens with zero attached hydrogens (tertiary/aromatic N) is 5. The van der Waals surface area contributed by atoms with Crippen LogP contribution in [0.1, 0.15) is 91.5 Å². The van der Waals surface area contributed by atoms with Crippen LogP contribution in [0, 0.1) is 32.1 Å². The van der Waals surface area contributed by atoms with Crippen LogP contribution in [-0.4, -0.2) is 52.9 Å². The molecule has 4 aromatic carbocycles. The molecular weight excluding hydrogens is 809 g/mol. The molecule has 1 aliphatic heterocycles. The number of carbonyl (C=O) groups is 2. The number of aromatic amines is 1. The average molecular weight is 849 g/mol. The number of sulfonamides is 1. The summed E-state index contributed by atoms with van der Waals surface area (Å²) in [6.45, 7) is 6.26. The molecule has 0 unspecified atom stereocenters. The van der Waals surface area contributed by atoms with E-state index in [0.717, 1.165) is 72.8 Å². The number of fused-ring (bicyclic) bond motifs is 4. The van der Waals surface area contributed by atoms with Crippen molar-refractivity contribution in [3.8, 4) is 22.2 Å². The van der Waals surface area contributed by atoms with E-state index in [1.807, 2.05) is 54.0 Å². The molecule has 1 fully saturated rings. The van der Waals surface area contributed by atoms with Crippen LogP contribution < -0.4 is 10.0 Å². The molecule has 2 aliphatic rings. The van der Waals surface area contributed by atoms with Crippen molar-refractivity contribution in [2.75, 3.05) is 11.8 Å². The van der Waals surface area contributed by atoms with Gasteiger partial charge in [0.15, 0.2) is 5.82 Å². The van der Waals surface area contributed by atoms with E-state index in [1.54, 1.807) is 47.9 Å². The van der Waals surface area contributed by atoms with Gasteiger partial charge in [-0.3, -0.25) is 23.9 Å². The van der Waals surface area contributed by atoms with Crippen molar-refractivity contribution >= 4 is 55.5 Å². The van der Waals surface area contributed by atoms with E-state index in [2.05, 4.69) is 45.1 Å². The first-order chi connectivity index (χ1) is 29.4. The van der Waals surface area contributed by atoms with Crippen molar-refractivity contribution in [3.05, 3.63) is 147 Å². The number of H-pyrrole nitrogens is 1. The van der Waals surface area contributed by atoms with E-state index in [0.29, 0.717) is 39.9 Å². The Morgan fingerprint density at radius 1 is 0.934 bits per heavy atom. The zero-order chi connectivity index (χ0) is 42.6. The van der Waals surface area contributed by atoms with Crippen molar-refractivity contribution in [2.24, 2.45) is 4.99 Å². The second-order valence-electron chi connectivity index (χ2n) is 15.3. The monoisotopic (exact) mass is 848 g/mol. The van der Waals surface area contributed by atoms with Gasteiger partial charge in [-0.15, -0.1) is 21.5 Å². The Hall–Kier alpha value is -6.89. The molecule has 306 valence electrons. The zero-order valence-electron chi connectivity index (χ0n) is 33.7. The number of aliphatic imine (C=N–C) groups is 1. The highest BCUT2D eigenvalue weighted by molar-refractivity contribution is 7.92. The number of nitriles is 1. The fraction of sp³-hybridized carbons (Fsp3) is 0.217. The van der Waals surface area contributed by atoms with Gasteiger partial charge < -0.3 is 15.0 Å². The summed E-state index contributed by atoms with van der Waals surface area (Å²) in [7, 11) is -2.58. The largest absolute Gasteiger partial charge is 0.469 e. The van der Waals surface area contributed by atoms with E-state index in [4.69, 9.17) is 9.73 Å². The standard InChI is InChI=1S/C46H40N8O5S2/c1-25-26(2)60-46-40(25)42(50-38(21-39(55)59-4)44-52-51-27(3)54(44)46)32-13-7-29(8-14-32)30-9-15-33(16-10-30)45(56)49-23-28-5-17-35(18-6-28)61(57,58)53-37-20-19-36(31-11-12-31)41-34(22-47)24-48-43(37)41/h5-10,13-20,24,31,38,48,53H,11-12,21,23H2,1-4H3,(H,49,56)/t38-/m0/s1. The number of carbonyl (C=O) groups excluding carboxylic acids is 2. The molecule has 13 nitrogen and oxygen atoms in total. The number of esters is 1. The molecule has 15 heteroatoms. The third-order valence-electron chi connectivity index (χ3n) is 11.4. The molecule has 0 spiro atoms. The molecule has 1 saturated carbocycles. The van der Waals surface area contributed by atoms with Crippen molar-refractivity contribution in [1.29, 1.82) is 5.26 Å². The third kappa shape index (κ3) is 7.38. The first-order valence-corrected chi connectivity index (χ1v) is 22.1. The van der Waals surface area contributed by atoms with Crippen molar-refractivity contribution in [3.63, 3.8) is 0 Å². The molecule has 1 amide bonds. The molecule has 61 heavy (non-hydrogen) atoms. The summed E-state index contributed by atoms with van der Waals surface area (Å²) < 4.78 is 36.5. The Morgan fingerprint density at radius 3 is 2.30 bits per heavy atom. The maximum Gasteiger partial charge on any atom is 0.308 e. The number of hydrogen-bond acceptors (Lipinski definition) is 10. The number of nitrogens with one attached hydrogen (secondary N) is 3. The minimum absolute atomic E-state index is 0.0259. The fourth-order valence-corrected chi connectivity index (χ4v) is 10.1. The number of amides is 1. The van der Waals surface area contributed by atoms with Gasteiger partial charge in [-0.2, -0.15) is 5.26 Å². The number of methoxy groups -OCH3 is 1. The number of ether oxygens (including phenoxy) is 1. The van der Waals surface area contributed by atoms with E-state index < -0.39 is 16.1 Å². The molecule has 0 radical (unpaired) electrons. The van der Waals surface area contributed by atoms with Crippen LogP contribution in [0.3, 0.4) is 0 Å². The van der Waals surface area contributed by atoms with Crippen LogP contribution in [0.5, 0.6) is 0 Å². The molecule has 0 saturated heterocycles. The lowest BCUT2D eigenvalue weighted by atomic mass is 9.96. The molecule has 9 rings (SSSR count). The lowest BCUT2D eigenvalue weighted by Gasteiger charge is -2.12. The van der Waals surface area contributed by atoms with Crippen LogP contribution in [0.15, 0.2) is 101 Å². The summed E-state index contributed by atoms with van der Waals surface area (Å²) in [4.78, 5) is 35.1. The molecule has 1 aliphatic carbocycles. The lowest BCUT2D eigenvalue weighted by Crippen LogP contribution is -2.22. The Morgan fingerprint density at radius 2 is 1.62 bits per heavy atom. The smallest absolute Gasteiger partial charge is 0.308 e. The maximum absolute atomic E-state index is 13.4. The predicted molar refractivity (Wildman–Crippen MR) is 234 cm³/mol. The van der Waals surface area contributed by atoms with Crippen molar-refractivity contribution in [2.45, 2.75) is 63.4 Å². The summed E-state index contributed by atoms with van der Waals surface area (Å²) >= 11 is 1.65. The van der Waals surface area contributed by atoms with E-state index in [-0.39, 0.29) is 29.7 Å². The number of benzene rings is 4. The fourth-order valence-electron chi connectivity index (χ4n) is 7.86. The van der Waals surface area contributed by atoms with Gasteiger partial charge in [0.05, 0.1) is 40.9 Å². The highest BCUT2D eigenvalue weighted by atomic mass is 32.2. The highest BCUT2D eigenvalue weighted by Gasteiger charge is 2.33. The highest BCUT2D eigenvalue weighted by Crippen LogP contribution is 2.45. The summed E-state index contributed by atoms with van der Waals surface area (Å²) in [6.07, 6.45) is 3.75. The Kier molecular flexibility index (Phi) is 10.1. The Labute approximate surface area is 356 Å². The van der Waals surface area contributed by atoms with Gasteiger partial charge in [0.1, 0.15) is 22.9 Å². The van der Waals surface area contributed by atoms with Crippen LogP contribution in [0.2, 0.25) is 0 Å². The Bertz CT molecular complexity index is 3060. The maximum atomic E-state index is 13.4. The molecular formula is C46H40N8O5S2. The van der Waals surface area contributed by atoms with Gasteiger partial charge in [-0.05, 0) is 97.7 Å². The molecule has 1 atom stereocenters. The predicted octanol–water partition coefficient (Wildman–Crippen LogP) is 8.34. The first-order valence-electron chi connectivity index (χ1n) is 19.8. The summed E-state index contributed by atoms with van der Waals surface area (Å²) in [5.74, 6) is 1.05. The number of rotatable bonds is 11. The minimum Gasteiger partial charge on any atom is -0.469 e. The van der Waals surface area contributed by atoms with Gasteiger partial charge in [-0.1, -0.05) is 54.6 Å². The van der Waals surface area contributed by atoms with Gasteiger partial charge in [0, 0.05) is 39.7 Å². The lowest BCUT2D eigenvalue weighted by molar-refractivity contribution is -0.141. The SMILES string of the molecule is COC(=O)C[C@@H]1N=C(c2ccc(-c3ccc(C(=O)NCc4ccc(S(=O)(=O)Nc5ccc(C6CC6)c6c(C#N)c[nH]c56)cc4)cc3)cc2)c2c(sc(C)c2C)-n2c(C)nnc21. The third-order valence-corrected chi connectivity index (χ3v) is 14.0. The van der Waals surface area contributed by atoms with Gasteiger partial charge in [0.2, 0.25) is 0 Å². The van der Waals surface area contributed by atoms with Crippen LogP contribution in [0.25, 0.3) is 27.0 Å². The molecule has 4 heterocycles. The zero-order valence-corrected chi connectivity index (χ0v) is 35.4. The topological polar surface area (TPSA) is 184 Å². The van der Waals surface area contributed by atoms with Crippen molar-refractivity contribution < 1.29 is 22.7 Å². The van der Waals surface area contributed by atoms with E-state index in [9.17, 15) is 23.3 Å². The molecule has 7 aromatic rings. The summed E-state index contributed by atoms with van der Waals surface area (Å²) in [5.41, 5.74) is 9.36. The molecule has 3 N–H and O–H groups in total.